The zero-order chi connectivity index (χ0) is 14.0. The van der Waals surface area contributed by atoms with Crippen LogP contribution < -0.4 is 5.32 Å². The number of hydrogen-bond donors (Lipinski definition) is 1. The molecule has 1 amide bonds. The Bertz CT molecular complexity index is 596. The molecule has 0 aliphatic rings. The van der Waals surface area contributed by atoms with Gasteiger partial charge in [-0.1, -0.05) is 6.07 Å². The first-order valence-corrected chi connectivity index (χ1v) is 6.58. The molecular weight excluding hydrogens is 262 g/mol. The Hall–Kier alpha value is -1.74. The molecule has 0 saturated heterocycles. The van der Waals surface area contributed by atoms with E-state index in [-0.39, 0.29) is 11.7 Å². The first-order chi connectivity index (χ1) is 8.99. The molecule has 100 valence electrons. The fourth-order valence-corrected chi connectivity index (χ4v) is 2.27. The minimum Gasteiger partial charge on any atom is -0.456 e. The predicted octanol–water partition coefficient (Wildman–Crippen LogP) is 4.20. The summed E-state index contributed by atoms with van der Waals surface area (Å²) >= 11 is 5.76. The summed E-state index contributed by atoms with van der Waals surface area (Å²) in [6.45, 7) is 5.78. The lowest BCUT2D eigenvalue weighted by atomic mass is 10.1. The number of hydrogen-bond acceptors (Lipinski definition) is 2. The number of benzene rings is 1. The molecule has 3 nitrogen and oxygen atoms in total. The minimum absolute atomic E-state index is 0.260. The number of aryl methyl sites for hydroxylation is 3. The molecule has 0 spiro atoms. The van der Waals surface area contributed by atoms with Crippen molar-refractivity contribution >= 4 is 23.2 Å². The SMILES string of the molecule is Cc1cc(C)cc(NC(=O)c2cc(CCl)c(C)o2)c1. The molecule has 2 aromatic rings. The van der Waals surface area contributed by atoms with Gasteiger partial charge in [-0.2, -0.15) is 0 Å². The van der Waals surface area contributed by atoms with E-state index in [2.05, 4.69) is 11.4 Å². The van der Waals surface area contributed by atoms with Gasteiger partial charge in [-0.3, -0.25) is 4.79 Å². The van der Waals surface area contributed by atoms with Crippen molar-refractivity contribution in [1.82, 2.24) is 0 Å². The number of anilines is 1. The summed E-state index contributed by atoms with van der Waals surface area (Å²) in [6, 6.07) is 7.57. The molecule has 1 aromatic carbocycles. The van der Waals surface area contributed by atoms with Gasteiger partial charge in [-0.15, -0.1) is 11.6 Å². The summed E-state index contributed by atoms with van der Waals surface area (Å²) in [5.41, 5.74) is 3.82. The van der Waals surface area contributed by atoms with Crippen LogP contribution in [0.4, 0.5) is 5.69 Å². The standard InChI is InChI=1S/C15H16ClNO2/c1-9-4-10(2)6-13(5-9)17-15(18)14-7-12(8-16)11(3)19-14/h4-7H,8H2,1-3H3,(H,17,18). The monoisotopic (exact) mass is 277 g/mol. The van der Waals surface area contributed by atoms with Crippen molar-refractivity contribution in [1.29, 1.82) is 0 Å². The van der Waals surface area contributed by atoms with Gasteiger partial charge in [0.15, 0.2) is 5.76 Å². The largest absolute Gasteiger partial charge is 0.456 e. The maximum absolute atomic E-state index is 12.1. The summed E-state index contributed by atoms with van der Waals surface area (Å²) in [6.07, 6.45) is 0. The number of carbonyl (C=O) groups excluding carboxylic acids is 1. The lowest BCUT2D eigenvalue weighted by Gasteiger charge is -2.05. The van der Waals surface area contributed by atoms with E-state index in [1.807, 2.05) is 26.0 Å². The van der Waals surface area contributed by atoms with Crippen LogP contribution in [0.25, 0.3) is 0 Å². The number of carbonyl (C=O) groups is 1. The first-order valence-electron chi connectivity index (χ1n) is 6.04. The summed E-state index contributed by atoms with van der Waals surface area (Å²) in [5, 5.41) is 2.83. The van der Waals surface area contributed by atoms with Gasteiger partial charge >= 0.3 is 0 Å². The van der Waals surface area contributed by atoms with Crippen molar-refractivity contribution in [3.63, 3.8) is 0 Å². The molecule has 0 atom stereocenters. The fraction of sp³-hybridized carbons (Fsp3) is 0.267. The molecule has 0 saturated carbocycles. The summed E-state index contributed by atoms with van der Waals surface area (Å²) in [5.74, 6) is 1.05. The van der Waals surface area contributed by atoms with Crippen LogP contribution in [0.15, 0.2) is 28.7 Å². The molecular formula is C15H16ClNO2. The molecule has 1 aromatic heterocycles. The van der Waals surface area contributed by atoms with Gasteiger partial charge in [0.25, 0.3) is 5.91 Å². The smallest absolute Gasteiger partial charge is 0.291 e. The number of nitrogens with one attached hydrogen (secondary N) is 1. The van der Waals surface area contributed by atoms with E-state index >= 15 is 0 Å². The summed E-state index contributed by atoms with van der Waals surface area (Å²) in [4.78, 5) is 12.1. The van der Waals surface area contributed by atoms with Gasteiger partial charge < -0.3 is 9.73 Å². The van der Waals surface area contributed by atoms with Crippen LogP contribution in [0.1, 0.15) is 33.0 Å². The van der Waals surface area contributed by atoms with Crippen LogP contribution in [-0.4, -0.2) is 5.91 Å². The molecule has 0 aliphatic heterocycles. The number of rotatable bonds is 3. The first kappa shape index (κ1) is 13.7. The molecule has 19 heavy (non-hydrogen) atoms. The molecule has 0 unspecified atom stereocenters. The van der Waals surface area contributed by atoms with Crippen LogP contribution in [0, 0.1) is 20.8 Å². The molecule has 0 fully saturated rings. The van der Waals surface area contributed by atoms with E-state index in [1.165, 1.54) is 0 Å². The van der Waals surface area contributed by atoms with Crippen LogP contribution in [0.2, 0.25) is 0 Å². The summed E-state index contributed by atoms with van der Waals surface area (Å²) in [7, 11) is 0. The number of alkyl halides is 1. The third-order valence-corrected chi connectivity index (χ3v) is 3.16. The highest BCUT2D eigenvalue weighted by atomic mass is 35.5. The quantitative estimate of drug-likeness (QED) is 0.855. The number of halogens is 1. The Labute approximate surface area is 117 Å². The normalized spacial score (nSPS) is 10.5. The third kappa shape index (κ3) is 3.18. The highest BCUT2D eigenvalue weighted by Crippen LogP contribution is 2.19. The van der Waals surface area contributed by atoms with Gasteiger partial charge in [0.2, 0.25) is 0 Å². The van der Waals surface area contributed by atoms with Crippen molar-refractivity contribution in [2.75, 3.05) is 5.32 Å². The zero-order valence-electron chi connectivity index (χ0n) is 11.2. The van der Waals surface area contributed by atoms with Crippen molar-refractivity contribution in [2.24, 2.45) is 0 Å². The Morgan fingerprint density at radius 1 is 1.16 bits per heavy atom. The Balaban J connectivity index is 2.20. The highest BCUT2D eigenvalue weighted by Gasteiger charge is 2.14. The Kier molecular flexibility index (Phi) is 3.96. The van der Waals surface area contributed by atoms with E-state index in [0.717, 1.165) is 22.4 Å². The maximum atomic E-state index is 12.1. The topological polar surface area (TPSA) is 42.2 Å². The average Bonchev–Trinajstić information content (AvgIpc) is 2.69. The number of amides is 1. The maximum Gasteiger partial charge on any atom is 0.291 e. The molecule has 0 aliphatic carbocycles. The second-order valence-electron chi connectivity index (χ2n) is 4.66. The van der Waals surface area contributed by atoms with Gasteiger partial charge in [0.05, 0.1) is 5.88 Å². The van der Waals surface area contributed by atoms with Crippen molar-refractivity contribution in [3.8, 4) is 0 Å². The van der Waals surface area contributed by atoms with Crippen LogP contribution in [0.3, 0.4) is 0 Å². The van der Waals surface area contributed by atoms with E-state index < -0.39 is 0 Å². The zero-order valence-corrected chi connectivity index (χ0v) is 12.0. The van der Waals surface area contributed by atoms with Crippen molar-refractivity contribution in [2.45, 2.75) is 26.7 Å². The van der Waals surface area contributed by atoms with E-state index in [0.29, 0.717) is 11.6 Å². The molecule has 2 rings (SSSR count). The predicted molar refractivity (Wildman–Crippen MR) is 76.9 cm³/mol. The van der Waals surface area contributed by atoms with E-state index in [4.69, 9.17) is 16.0 Å². The molecule has 1 heterocycles. The van der Waals surface area contributed by atoms with Gasteiger partial charge in [0.1, 0.15) is 5.76 Å². The average molecular weight is 278 g/mol. The Morgan fingerprint density at radius 2 is 1.79 bits per heavy atom. The molecule has 4 heteroatoms. The second kappa shape index (κ2) is 5.49. The minimum atomic E-state index is -0.260. The fourth-order valence-electron chi connectivity index (χ4n) is 2.00. The lowest BCUT2D eigenvalue weighted by molar-refractivity contribution is 0.0995. The van der Waals surface area contributed by atoms with Crippen molar-refractivity contribution < 1.29 is 9.21 Å². The third-order valence-electron chi connectivity index (χ3n) is 2.87. The Morgan fingerprint density at radius 3 is 2.32 bits per heavy atom. The highest BCUT2D eigenvalue weighted by molar-refractivity contribution is 6.17. The lowest BCUT2D eigenvalue weighted by Crippen LogP contribution is -2.11. The van der Waals surface area contributed by atoms with Gasteiger partial charge in [0, 0.05) is 11.3 Å². The van der Waals surface area contributed by atoms with Gasteiger partial charge in [-0.25, -0.2) is 0 Å². The van der Waals surface area contributed by atoms with Crippen LogP contribution in [-0.2, 0) is 5.88 Å². The van der Waals surface area contributed by atoms with Crippen LogP contribution >= 0.6 is 11.6 Å². The van der Waals surface area contributed by atoms with Crippen molar-refractivity contribution in [3.05, 3.63) is 52.5 Å². The second-order valence-corrected chi connectivity index (χ2v) is 4.92. The van der Waals surface area contributed by atoms with E-state index in [9.17, 15) is 4.79 Å². The molecule has 0 bridgehead atoms. The number of furan rings is 1. The molecule has 1 N–H and O–H groups in total. The summed E-state index contributed by atoms with van der Waals surface area (Å²) < 4.78 is 5.40. The van der Waals surface area contributed by atoms with E-state index in [1.54, 1.807) is 13.0 Å². The van der Waals surface area contributed by atoms with Gasteiger partial charge in [-0.05, 0) is 50.1 Å². The molecule has 0 radical (unpaired) electrons. The van der Waals surface area contributed by atoms with Crippen LogP contribution in [0.5, 0.6) is 0 Å².